The highest BCUT2D eigenvalue weighted by Crippen LogP contribution is 2.45. The van der Waals surface area contributed by atoms with Crippen LogP contribution in [0.2, 0.25) is 0 Å². The van der Waals surface area contributed by atoms with Crippen LogP contribution in [-0.2, 0) is 4.79 Å². The van der Waals surface area contributed by atoms with Crippen molar-refractivity contribution < 1.29 is 14.7 Å². The van der Waals surface area contributed by atoms with Crippen molar-refractivity contribution in [2.45, 2.75) is 12.8 Å². The first-order chi connectivity index (χ1) is 10.0. The molecule has 6 heteroatoms. The number of H-pyrrole nitrogens is 1. The summed E-state index contributed by atoms with van der Waals surface area (Å²) in [6.45, 7) is 0.0490. The predicted octanol–water partition coefficient (Wildman–Crippen LogP) is 1.12. The van der Waals surface area contributed by atoms with Gasteiger partial charge in [0.05, 0.1) is 5.41 Å². The first-order valence-electron chi connectivity index (χ1n) is 6.65. The fourth-order valence-corrected chi connectivity index (χ4v) is 2.30. The van der Waals surface area contributed by atoms with E-state index in [0.717, 1.165) is 0 Å². The van der Waals surface area contributed by atoms with Gasteiger partial charge in [-0.2, -0.15) is 0 Å². The highest BCUT2D eigenvalue weighted by molar-refractivity contribution is 5.97. The van der Waals surface area contributed by atoms with Crippen LogP contribution in [-0.4, -0.2) is 28.5 Å². The van der Waals surface area contributed by atoms with Crippen molar-refractivity contribution in [1.29, 1.82) is 0 Å². The van der Waals surface area contributed by atoms with E-state index in [-0.39, 0.29) is 17.5 Å². The number of carboxylic acids is 1. The quantitative estimate of drug-likeness (QED) is 0.784. The van der Waals surface area contributed by atoms with Gasteiger partial charge in [-0.05, 0) is 25.0 Å². The topological polar surface area (TPSA) is 99.3 Å². The van der Waals surface area contributed by atoms with Gasteiger partial charge in [0.15, 0.2) is 0 Å². The van der Waals surface area contributed by atoms with E-state index in [0.29, 0.717) is 23.7 Å². The summed E-state index contributed by atoms with van der Waals surface area (Å²) in [4.78, 5) is 38.3. The van der Waals surface area contributed by atoms with Gasteiger partial charge in [-0.25, -0.2) is 0 Å². The molecule has 0 radical (unpaired) electrons. The minimum atomic E-state index is -0.907. The third kappa shape index (κ3) is 2.29. The van der Waals surface area contributed by atoms with Crippen LogP contribution in [0, 0.1) is 5.41 Å². The summed E-state index contributed by atoms with van der Waals surface area (Å²) in [5.41, 5.74) is -0.556. The van der Waals surface area contributed by atoms with Crippen molar-refractivity contribution in [3.05, 3.63) is 46.2 Å². The van der Waals surface area contributed by atoms with Gasteiger partial charge in [0, 0.05) is 23.6 Å². The van der Waals surface area contributed by atoms with Gasteiger partial charge in [0.2, 0.25) is 5.43 Å². The summed E-state index contributed by atoms with van der Waals surface area (Å²) < 4.78 is 0. The van der Waals surface area contributed by atoms with Crippen molar-refractivity contribution in [2.24, 2.45) is 5.41 Å². The second-order valence-corrected chi connectivity index (χ2v) is 5.35. The fraction of sp³-hybridized carbons (Fsp3) is 0.267. The minimum absolute atomic E-state index is 0.00473. The first-order valence-corrected chi connectivity index (χ1v) is 6.65. The van der Waals surface area contributed by atoms with Crippen LogP contribution in [0.4, 0.5) is 0 Å². The summed E-state index contributed by atoms with van der Waals surface area (Å²) in [5.74, 6) is -1.45. The number of hydrogen-bond acceptors (Lipinski definition) is 3. The first kappa shape index (κ1) is 13.4. The van der Waals surface area contributed by atoms with Crippen molar-refractivity contribution in [3.8, 4) is 0 Å². The van der Waals surface area contributed by atoms with Crippen molar-refractivity contribution in [3.63, 3.8) is 0 Å². The number of benzene rings is 1. The van der Waals surface area contributed by atoms with E-state index < -0.39 is 17.3 Å². The average molecular weight is 286 g/mol. The number of para-hydroxylation sites is 1. The largest absolute Gasteiger partial charge is 0.481 e. The zero-order chi connectivity index (χ0) is 15.0. The minimum Gasteiger partial charge on any atom is -0.481 e. The molecule has 1 saturated carbocycles. The van der Waals surface area contributed by atoms with Gasteiger partial charge in [-0.15, -0.1) is 0 Å². The number of aromatic amines is 1. The standard InChI is InChI=1S/C15H14N2O4/c18-12-9-3-1-2-4-11(9)16-7-10(12)13(19)17-8-15(5-6-15)14(20)21/h1-4,7H,5-6,8H2,(H,16,18)(H,17,19)(H,20,21). The lowest BCUT2D eigenvalue weighted by Gasteiger charge is -2.11. The van der Waals surface area contributed by atoms with E-state index in [1.807, 2.05) is 0 Å². The molecule has 3 rings (SSSR count). The maximum Gasteiger partial charge on any atom is 0.311 e. The van der Waals surface area contributed by atoms with E-state index >= 15 is 0 Å². The van der Waals surface area contributed by atoms with Crippen LogP contribution in [0.1, 0.15) is 23.2 Å². The number of hydrogen-bond donors (Lipinski definition) is 3. The molecule has 0 aliphatic heterocycles. The van der Waals surface area contributed by atoms with Crippen molar-refractivity contribution >= 4 is 22.8 Å². The maximum atomic E-state index is 12.2. The molecular formula is C15H14N2O4. The Morgan fingerprint density at radius 3 is 2.67 bits per heavy atom. The number of aliphatic carboxylic acids is 1. The van der Waals surface area contributed by atoms with E-state index in [4.69, 9.17) is 5.11 Å². The van der Waals surface area contributed by atoms with E-state index in [1.54, 1.807) is 24.3 Å². The Kier molecular flexibility index (Phi) is 3.01. The normalized spacial score (nSPS) is 15.6. The zero-order valence-electron chi connectivity index (χ0n) is 11.2. The van der Waals surface area contributed by atoms with Gasteiger partial charge < -0.3 is 15.4 Å². The Balaban J connectivity index is 1.84. The molecule has 0 spiro atoms. The number of fused-ring (bicyclic) bond motifs is 1. The van der Waals surface area contributed by atoms with Gasteiger partial charge in [0.25, 0.3) is 5.91 Å². The molecule has 1 aromatic carbocycles. The van der Waals surface area contributed by atoms with E-state index in [2.05, 4.69) is 10.3 Å². The number of nitrogens with one attached hydrogen (secondary N) is 2. The molecule has 1 aromatic heterocycles. The average Bonchev–Trinajstić information content (AvgIpc) is 3.27. The van der Waals surface area contributed by atoms with Gasteiger partial charge >= 0.3 is 5.97 Å². The summed E-state index contributed by atoms with van der Waals surface area (Å²) in [6.07, 6.45) is 2.47. The molecule has 0 atom stereocenters. The van der Waals surface area contributed by atoms with Gasteiger partial charge in [0.1, 0.15) is 5.56 Å². The second kappa shape index (κ2) is 4.73. The number of pyridine rings is 1. The molecule has 21 heavy (non-hydrogen) atoms. The van der Waals surface area contributed by atoms with Crippen molar-refractivity contribution in [2.75, 3.05) is 6.54 Å². The molecule has 1 fully saturated rings. The van der Waals surface area contributed by atoms with E-state index in [9.17, 15) is 14.4 Å². The lowest BCUT2D eigenvalue weighted by atomic mass is 10.1. The number of amides is 1. The van der Waals surface area contributed by atoms with Crippen LogP contribution in [0.5, 0.6) is 0 Å². The number of carboxylic acid groups (broad SMARTS) is 1. The van der Waals surface area contributed by atoms with Gasteiger partial charge in [-0.1, -0.05) is 12.1 Å². The lowest BCUT2D eigenvalue weighted by Crippen LogP contribution is -2.36. The Labute approximate surface area is 119 Å². The van der Waals surface area contributed by atoms with Gasteiger partial charge in [-0.3, -0.25) is 14.4 Å². The van der Waals surface area contributed by atoms with Crippen LogP contribution < -0.4 is 10.7 Å². The molecule has 0 unspecified atom stereocenters. The predicted molar refractivity (Wildman–Crippen MR) is 76.2 cm³/mol. The third-order valence-electron chi connectivity index (χ3n) is 3.93. The second-order valence-electron chi connectivity index (χ2n) is 5.35. The molecule has 2 aromatic rings. The number of rotatable bonds is 4. The maximum absolute atomic E-state index is 12.2. The SMILES string of the molecule is O=C(NCC1(C(=O)O)CC1)c1c[nH]c2ccccc2c1=O. The summed E-state index contributed by atoms with van der Waals surface area (Å²) in [7, 11) is 0. The Morgan fingerprint density at radius 1 is 1.29 bits per heavy atom. The molecule has 1 amide bonds. The van der Waals surface area contributed by atoms with Crippen LogP contribution >= 0.6 is 0 Å². The molecule has 1 aliphatic rings. The molecule has 1 aliphatic carbocycles. The smallest absolute Gasteiger partial charge is 0.311 e. The Bertz CT molecular complexity index is 790. The number of aromatic nitrogens is 1. The Morgan fingerprint density at radius 2 is 2.00 bits per heavy atom. The fourth-order valence-electron chi connectivity index (χ4n) is 2.30. The zero-order valence-corrected chi connectivity index (χ0v) is 11.2. The van der Waals surface area contributed by atoms with Crippen LogP contribution in [0.15, 0.2) is 35.3 Å². The number of carbonyl (C=O) groups is 2. The molecule has 1 heterocycles. The van der Waals surface area contributed by atoms with E-state index in [1.165, 1.54) is 6.20 Å². The van der Waals surface area contributed by atoms with Crippen molar-refractivity contribution in [1.82, 2.24) is 10.3 Å². The molecule has 3 N–H and O–H groups in total. The molecular weight excluding hydrogens is 272 g/mol. The molecule has 0 bridgehead atoms. The number of carbonyl (C=O) groups excluding carboxylic acids is 1. The monoisotopic (exact) mass is 286 g/mol. The summed E-state index contributed by atoms with van der Waals surface area (Å²) >= 11 is 0. The lowest BCUT2D eigenvalue weighted by molar-refractivity contribution is -0.143. The highest BCUT2D eigenvalue weighted by Gasteiger charge is 2.50. The highest BCUT2D eigenvalue weighted by atomic mass is 16.4. The summed E-state index contributed by atoms with van der Waals surface area (Å²) in [6, 6.07) is 6.91. The van der Waals surface area contributed by atoms with Crippen LogP contribution in [0.3, 0.4) is 0 Å². The Hall–Kier alpha value is -2.63. The molecule has 0 saturated heterocycles. The molecule has 108 valence electrons. The third-order valence-corrected chi connectivity index (χ3v) is 3.93. The molecule has 6 nitrogen and oxygen atoms in total. The summed E-state index contributed by atoms with van der Waals surface area (Å²) in [5, 5.41) is 12.0. The van der Waals surface area contributed by atoms with Crippen LogP contribution in [0.25, 0.3) is 10.9 Å².